The molecule has 4 nitrogen and oxygen atoms in total. The lowest BCUT2D eigenvalue weighted by Gasteiger charge is -2.11. The molecule has 6 heteroatoms. The summed E-state index contributed by atoms with van der Waals surface area (Å²) in [5.41, 5.74) is 3.47. The number of aromatic nitrogens is 2. The summed E-state index contributed by atoms with van der Waals surface area (Å²) in [6, 6.07) is 13.6. The van der Waals surface area contributed by atoms with E-state index in [4.69, 9.17) is 12.2 Å². The third-order valence-corrected chi connectivity index (χ3v) is 3.51. The van der Waals surface area contributed by atoms with Crippen LogP contribution < -0.4 is 10.6 Å². The molecule has 0 radical (unpaired) electrons. The van der Waals surface area contributed by atoms with Crippen LogP contribution in [0.2, 0.25) is 0 Å². The van der Waals surface area contributed by atoms with Gasteiger partial charge in [-0.15, -0.1) is 0 Å². The van der Waals surface area contributed by atoms with Gasteiger partial charge in [0.25, 0.3) is 0 Å². The van der Waals surface area contributed by atoms with Gasteiger partial charge >= 0.3 is 0 Å². The first-order valence-corrected chi connectivity index (χ1v) is 7.45. The van der Waals surface area contributed by atoms with Crippen molar-refractivity contribution in [3.63, 3.8) is 0 Å². The first kappa shape index (κ1) is 13.9. The minimum Gasteiger partial charge on any atom is -0.332 e. The zero-order valence-corrected chi connectivity index (χ0v) is 13.3. The Morgan fingerprint density at radius 3 is 2.38 bits per heavy atom. The highest BCUT2D eigenvalue weighted by atomic mass is 79.9. The predicted octanol–water partition coefficient (Wildman–Crippen LogP) is 4.20. The molecule has 104 valence electrons. The van der Waals surface area contributed by atoms with Gasteiger partial charge in [-0.1, -0.05) is 22.0 Å². The molecule has 0 saturated heterocycles. The molecule has 21 heavy (non-hydrogen) atoms. The summed E-state index contributed by atoms with van der Waals surface area (Å²) in [6.45, 7) is 0. The van der Waals surface area contributed by atoms with Crippen LogP contribution in [0.25, 0.3) is 11.0 Å². The van der Waals surface area contributed by atoms with Gasteiger partial charge in [-0.25, -0.2) is 0 Å². The number of hydrogen-bond donors (Lipinski definition) is 2. The third-order valence-electron chi connectivity index (χ3n) is 2.81. The minimum absolute atomic E-state index is 0.524. The molecule has 1 heterocycles. The Labute approximate surface area is 135 Å². The molecule has 0 aliphatic heterocycles. The van der Waals surface area contributed by atoms with E-state index >= 15 is 0 Å². The summed E-state index contributed by atoms with van der Waals surface area (Å²) in [7, 11) is 0. The van der Waals surface area contributed by atoms with Crippen molar-refractivity contribution >= 4 is 55.7 Å². The lowest BCUT2D eigenvalue weighted by Crippen LogP contribution is -2.18. The number of benzene rings is 2. The summed E-state index contributed by atoms with van der Waals surface area (Å²) < 4.78 is 0.997. The minimum atomic E-state index is 0.524. The number of halogens is 1. The molecule has 1 aromatic heterocycles. The highest BCUT2D eigenvalue weighted by Crippen LogP contribution is 2.17. The molecule has 0 saturated carbocycles. The normalized spacial score (nSPS) is 10.3. The quantitative estimate of drug-likeness (QED) is 0.672. The first-order chi connectivity index (χ1) is 10.2. The average Bonchev–Trinajstić information content (AvgIpc) is 2.47. The van der Waals surface area contributed by atoms with Gasteiger partial charge in [-0.2, -0.15) is 0 Å². The highest BCUT2D eigenvalue weighted by molar-refractivity contribution is 9.10. The van der Waals surface area contributed by atoms with E-state index < -0.39 is 0 Å². The summed E-state index contributed by atoms with van der Waals surface area (Å²) in [5.74, 6) is 0. The monoisotopic (exact) mass is 358 g/mol. The molecule has 0 atom stereocenters. The van der Waals surface area contributed by atoms with Crippen molar-refractivity contribution in [1.29, 1.82) is 0 Å². The Balaban J connectivity index is 1.74. The second-order valence-electron chi connectivity index (χ2n) is 4.35. The Kier molecular flexibility index (Phi) is 4.08. The molecule has 0 fully saturated rings. The van der Waals surface area contributed by atoms with Crippen molar-refractivity contribution in [2.75, 3.05) is 10.6 Å². The van der Waals surface area contributed by atoms with E-state index in [2.05, 4.69) is 36.5 Å². The van der Waals surface area contributed by atoms with Crippen LogP contribution in [0.15, 0.2) is 59.3 Å². The van der Waals surface area contributed by atoms with Crippen molar-refractivity contribution in [3.05, 3.63) is 59.3 Å². The maximum Gasteiger partial charge on any atom is 0.175 e. The fourth-order valence-electron chi connectivity index (χ4n) is 1.90. The Bertz CT molecular complexity index is 806. The largest absolute Gasteiger partial charge is 0.332 e. The molecule has 0 spiro atoms. The second kappa shape index (κ2) is 6.15. The molecule has 0 aliphatic carbocycles. The van der Waals surface area contributed by atoms with Crippen molar-refractivity contribution < 1.29 is 0 Å². The summed E-state index contributed by atoms with van der Waals surface area (Å²) >= 11 is 8.74. The number of fused-ring (bicyclic) bond motifs is 1. The van der Waals surface area contributed by atoms with Crippen LogP contribution in [0.1, 0.15) is 0 Å². The first-order valence-electron chi connectivity index (χ1n) is 6.25. The fourth-order valence-corrected chi connectivity index (χ4v) is 2.54. The Morgan fingerprint density at radius 1 is 0.905 bits per heavy atom. The molecular formula is C15H11BrN4S. The molecule has 2 N–H and O–H groups in total. The van der Waals surface area contributed by atoms with Gasteiger partial charge in [-0.3, -0.25) is 9.97 Å². The van der Waals surface area contributed by atoms with E-state index in [9.17, 15) is 0 Å². The van der Waals surface area contributed by atoms with Crippen molar-refractivity contribution in [2.24, 2.45) is 0 Å². The van der Waals surface area contributed by atoms with E-state index in [0.717, 1.165) is 26.9 Å². The number of anilines is 2. The maximum atomic E-state index is 5.31. The SMILES string of the molecule is S=C(Nc1cccc(Br)c1)Nc1ccc2nccnc2c1. The van der Waals surface area contributed by atoms with Crippen LogP contribution in [-0.2, 0) is 0 Å². The van der Waals surface area contributed by atoms with E-state index in [1.54, 1.807) is 12.4 Å². The lowest BCUT2D eigenvalue weighted by atomic mass is 10.2. The molecule has 0 unspecified atom stereocenters. The van der Waals surface area contributed by atoms with Crippen LogP contribution in [0.3, 0.4) is 0 Å². The summed E-state index contributed by atoms with van der Waals surface area (Å²) in [6.07, 6.45) is 3.35. The Morgan fingerprint density at radius 2 is 1.62 bits per heavy atom. The van der Waals surface area contributed by atoms with Gasteiger partial charge in [0.2, 0.25) is 0 Å². The number of rotatable bonds is 2. The van der Waals surface area contributed by atoms with Gasteiger partial charge in [0.15, 0.2) is 5.11 Å². The highest BCUT2D eigenvalue weighted by Gasteiger charge is 2.02. The van der Waals surface area contributed by atoms with Crippen LogP contribution >= 0.6 is 28.1 Å². The van der Waals surface area contributed by atoms with Gasteiger partial charge in [0.1, 0.15) is 0 Å². The number of nitrogens with zero attached hydrogens (tertiary/aromatic N) is 2. The van der Waals surface area contributed by atoms with Crippen LogP contribution in [0, 0.1) is 0 Å². The van der Waals surface area contributed by atoms with Gasteiger partial charge in [-0.05, 0) is 48.6 Å². The van der Waals surface area contributed by atoms with Crippen LogP contribution in [-0.4, -0.2) is 15.1 Å². The number of nitrogens with one attached hydrogen (secondary N) is 2. The molecule has 3 aromatic rings. The number of hydrogen-bond acceptors (Lipinski definition) is 3. The van der Waals surface area contributed by atoms with Crippen LogP contribution in [0.4, 0.5) is 11.4 Å². The second-order valence-corrected chi connectivity index (χ2v) is 5.67. The molecule has 0 bridgehead atoms. The fraction of sp³-hybridized carbons (Fsp3) is 0. The zero-order valence-electron chi connectivity index (χ0n) is 10.9. The van der Waals surface area contributed by atoms with Crippen LogP contribution in [0.5, 0.6) is 0 Å². The third kappa shape index (κ3) is 3.53. The molecule has 0 aliphatic rings. The molecule has 3 rings (SSSR count). The van der Waals surface area contributed by atoms with E-state index in [0.29, 0.717) is 5.11 Å². The smallest absolute Gasteiger partial charge is 0.175 e. The summed E-state index contributed by atoms with van der Waals surface area (Å²) in [4.78, 5) is 8.51. The molecule has 2 aromatic carbocycles. The molecular weight excluding hydrogens is 348 g/mol. The van der Waals surface area contributed by atoms with Gasteiger partial charge < -0.3 is 10.6 Å². The summed E-state index contributed by atoms with van der Waals surface area (Å²) in [5, 5.41) is 6.80. The molecule has 0 amide bonds. The van der Waals surface area contributed by atoms with E-state index in [1.165, 1.54) is 0 Å². The topological polar surface area (TPSA) is 49.8 Å². The van der Waals surface area contributed by atoms with Crippen molar-refractivity contribution in [1.82, 2.24) is 9.97 Å². The van der Waals surface area contributed by atoms with Crippen molar-refractivity contribution in [2.45, 2.75) is 0 Å². The number of thiocarbonyl (C=S) groups is 1. The predicted molar refractivity (Wildman–Crippen MR) is 93.5 cm³/mol. The van der Waals surface area contributed by atoms with E-state index in [-0.39, 0.29) is 0 Å². The Hall–Kier alpha value is -2.05. The lowest BCUT2D eigenvalue weighted by molar-refractivity contribution is 1.29. The standard InChI is InChI=1S/C15H11BrN4S/c16-10-2-1-3-11(8-10)19-15(21)20-12-4-5-13-14(9-12)18-7-6-17-13/h1-9H,(H2,19,20,21). The van der Waals surface area contributed by atoms with Gasteiger partial charge in [0.05, 0.1) is 11.0 Å². The van der Waals surface area contributed by atoms with E-state index in [1.807, 2.05) is 42.5 Å². The van der Waals surface area contributed by atoms with Gasteiger partial charge in [0, 0.05) is 28.2 Å². The zero-order chi connectivity index (χ0) is 14.7. The average molecular weight is 359 g/mol. The van der Waals surface area contributed by atoms with Crippen molar-refractivity contribution in [3.8, 4) is 0 Å². The maximum absolute atomic E-state index is 5.31.